The monoisotopic (exact) mass is 241 g/mol. The first-order valence-electron chi connectivity index (χ1n) is 7.22. The van der Waals surface area contributed by atoms with Crippen LogP contribution in [0.15, 0.2) is 0 Å². The summed E-state index contributed by atoms with van der Waals surface area (Å²) in [5.41, 5.74) is -0.116. The quantitative estimate of drug-likeness (QED) is 0.706. The molecule has 0 aromatic carbocycles. The Balaban J connectivity index is 1.94. The molecule has 2 rings (SSSR count). The summed E-state index contributed by atoms with van der Waals surface area (Å²) < 4.78 is 0. The van der Waals surface area contributed by atoms with Crippen molar-refractivity contribution in [3.05, 3.63) is 0 Å². The molecule has 2 saturated carbocycles. The summed E-state index contributed by atoms with van der Waals surface area (Å²) in [7, 11) is 0. The highest BCUT2D eigenvalue weighted by Gasteiger charge is 2.37. The SMILES string of the molecule is CC1CCC(CO)(NC2CCCCC2O)CC1. The smallest absolute Gasteiger partial charge is 0.0693 e. The van der Waals surface area contributed by atoms with Crippen molar-refractivity contribution in [1.29, 1.82) is 0 Å². The third-order valence-corrected chi connectivity index (χ3v) is 4.76. The molecule has 100 valence electrons. The van der Waals surface area contributed by atoms with Crippen molar-refractivity contribution in [3.8, 4) is 0 Å². The molecule has 0 aliphatic heterocycles. The Morgan fingerprint density at radius 2 is 1.76 bits per heavy atom. The molecule has 2 atom stereocenters. The van der Waals surface area contributed by atoms with Gasteiger partial charge in [0.05, 0.1) is 12.7 Å². The summed E-state index contributed by atoms with van der Waals surface area (Å²) in [6, 6.07) is 0.198. The molecule has 0 saturated heterocycles. The Bertz CT molecular complexity index is 236. The molecule has 3 N–H and O–H groups in total. The summed E-state index contributed by atoms with van der Waals surface area (Å²) in [4.78, 5) is 0. The summed E-state index contributed by atoms with van der Waals surface area (Å²) >= 11 is 0. The van der Waals surface area contributed by atoms with Crippen LogP contribution in [0.5, 0.6) is 0 Å². The number of hydrogen-bond donors (Lipinski definition) is 3. The highest BCUT2D eigenvalue weighted by Crippen LogP contribution is 2.33. The lowest BCUT2D eigenvalue weighted by Crippen LogP contribution is -2.58. The number of nitrogens with one attached hydrogen (secondary N) is 1. The molecule has 0 amide bonds. The highest BCUT2D eigenvalue weighted by molar-refractivity contribution is 4.96. The average molecular weight is 241 g/mol. The van der Waals surface area contributed by atoms with Gasteiger partial charge < -0.3 is 15.5 Å². The van der Waals surface area contributed by atoms with E-state index in [4.69, 9.17) is 0 Å². The van der Waals surface area contributed by atoms with Gasteiger partial charge in [-0.3, -0.25) is 0 Å². The zero-order chi connectivity index (χ0) is 12.3. The van der Waals surface area contributed by atoms with Crippen LogP contribution in [0.3, 0.4) is 0 Å². The van der Waals surface area contributed by atoms with E-state index in [0.717, 1.165) is 38.0 Å². The largest absolute Gasteiger partial charge is 0.394 e. The van der Waals surface area contributed by atoms with Crippen molar-refractivity contribution in [1.82, 2.24) is 5.32 Å². The minimum atomic E-state index is -0.216. The van der Waals surface area contributed by atoms with Crippen molar-refractivity contribution in [2.75, 3.05) is 6.61 Å². The Labute approximate surface area is 105 Å². The fourth-order valence-electron chi connectivity index (χ4n) is 3.34. The van der Waals surface area contributed by atoms with Gasteiger partial charge in [0.15, 0.2) is 0 Å². The van der Waals surface area contributed by atoms with E-state index in [1.807, 2.05) is 0 Å². The van der Waals surface area contributed by atoms with Crippen molar-refractivity contribution >= 4 is 0 Å². The van der Waals surface area contributed by atoms with Gasteiger partial charge in [-0.2, -0.15) is 0 Å². The molecule has 0 aromatic rings. The van der Waals surface area contributed by atoms with Gasteiger partial charge in [-0.25, -0.2) is 0 Å². The van der Waals surface area contributed by atoms with E-state index in [-0.39, 0.29) is 24.3 Å². The molecule has 0 bridgehead atoms. The van der Waals surface area contributed by atoms with Crippen LogP contribution in [-0.2, 0) is 0 Å². The molecule has 17 heavy (non-hydrogen) atoms. The Morgan fingerprint density at radius 1 is 1.12 bits per heavy atom. The van der Waals surface area contributed by atoms with Gasteiger partial charge in [-0.15, -0.1) is 0 Å². The van der Waals surface area contributed by atoms with Gasteiger partial charge in [-0.05, 0) is 44.4 Å². The molecule has 0 aromatic heterocycles. The van der Waals surface area contributed by atoms with Crippen LogP contribution in [-0.4, -0.2) is 34.5 Å². The van der Waals surface area contributed by atoms with Gasteiger partial charge in [0.25, 0.3) is 0 Å². The van der Waals surface area contributed by atoms with Crippen LogP contribution in [0.2, 0.25) is 0 Å². The second-order valence-corrected chi connectivity index (χ2v) is 6.22. The minimum absolute atomic E-state index is 0.116. The fourth-order valence-corrected chi connectivity index (χ4v) is 3.34. The third-order valence-electron chi connectivity index (χ3n) is 4.76. The minimum Gasteiger partial charge on any atom is -0.394 e. The normalized spacial score (nSPS) is 43.6. The van der Waals surface area contributed by atoms with Gasteiger partial charge in [0, 0.05) is 11.6 Å². The van der Waals surface area contributed by atoms with Crippen molar-refractivity contribution in [3.63, 3.8) is 0 Å². The summed E-state index contributed by atoms with van der Waals surface area (Å²) in [5, 5.41) is 23.3. The fraction of sp³-hybridized carbons (Fsp3) is 1.00. The van der Waals surface area contributed by atoms with Crippen LogP contribution in [0.1, 0.15) is 58.3 Å². The molecule has 2 aliphatic carbocycles. The number of aliphatic hydroxyl groups is 2. The Morgan fingerprint density at radius 3 is 2.35 bits per heavy atom. The highest BCUT2D eigenvalue weighted by atomic mass is 16.3. The third kappa shape index (κ3) is 3.21. The molecule has 3 nitrogen and oxygen atoms in total. The van der Waals surface area contributed by atoms with E-state index >= 15 is 0 Å². The maximum atomic E-state index is 10.0. The van der Waals surface area contributed by atoms with E-state index in [9.17, 15) is 10.2 Å². The predicted molar refractivity (Wildman–Crippen MR) is 68.8 cm³/mol. The van der Waals surface area contributed by atoms with Crippen molar-refractivity contribution in [2.45, 2.75) is 76.0 Å². The van der Waals surface area contributed by atoms with Crippen molar-refractivity contribution in [2.24, 2.45) is 5.92 Å². The van der Waals surface area contributed by atoms with E-state index < -0.39 is 0 Å². The van der Waals surface area contributed by atoms with Gasteiger partial charge in [0.1, 0.15) is 0 Å². The summed E-state index contributed by atoms with van der Waals surface area (Å²) in [5.74, 6) is 0.785. The lowest BCUT2D eigenvalue weighted by molar-refractivity contribution is 0.0357. The van der Waals surface area contributed by atoms with Gasteiger partial charge in [0.2, 0.25) is 0 Å². The summed E-state index contributed by atoms with van der Waals surface area (Å²) in [6.45, 7) is 2.50. The van der Waals surface area contributed by atoms with Gasteiger partial charge in [-0.1, -0.05) is 19.8 Å². The first-order chi connectivity index (χ1) is 8.15. The molecule has 2 fully saturated rings. The standard InChI is InChI=1S/C14H27NO2/c1-11-6-8-14(10-16,9-7-11)15-12-4-2-3-5-13(12)17/h11-13,15-17H,2-10H2,1H3. The molecule has 0 spiro atoms. The van der Waals surface area contributed by atoms with Crippen molar-refractivity contribution < 1.29 is 10.2 Å². The van der Waals surface area contributed by atoms with E-state index in [0.29, 0.717) is 0 Å². The first kappa shape index (κ1) is 13.3. The lowest BCUT2D eigenvalue weighted by atomic mass is 9.76. The molecule has 2 aliphatic rings. The maximum absolute atomic E-state index is 10.0. The zero-order valence-electron chi connectivity index (χ0n) is 11.0. The molecule has 0 radical (unpaired) electrons. The Kier molecular flexibility index (Phi) is 4.45. The molecular formula is C14H27NO2. The Hall–Kier alpha value is -0.120. The molecule has 0 heterocycles. The van der Waals surface area contributed by atoms with Crippen LogP contribution >= 0.6 is 0 Å². The van der Waals surface area contributed by atoms with Gasteiger partial charge >= 0.3 is 0 Å². The predicted octanol–water partition coefficient (Wildman–Crippen LogP) is 1.82. The topological polar surface area (TPSA) is 52.5 Å². The van der Waals surface area contributed by atoms with E-state index in [1.165, 1.54) is 19.3 Å². The van der Waals surface area contributed by atoms with Crippen LogP contribution in [0.4, 0.5) is 0 Å². The number of hydrogen-bond acceptors (Lipinski definition) is 3. The van der Waals surface area contributed by atoms with Crippen LogP contribution < -0.4 is 5.32 Å². The second kappa shape index (κ2) is 5.68. The number of aliphatic hydroxyl groups excluding tert-OH is 2. The first-order valence-corrected chi connectivity index (χ1v) is 7.22. The molecule has 3 heteroatoms. The van der Waals surface area contributed by atoms with E-state index in [1.54, 1.807) is 0 Å². The van der Waals surface area contributed by atoms with Crippen LogP contribution in [0, 0.1) is 5.92 Å². The zero-order valence-corrected chi connectivity index (χ0v) is 11.0. The lowest BCUT2D eigenvalue weighted by Gasteiger charge is -2.43. The maximum Gasteiger partial charge on any atom is 0.0693 e. The molecular weight excluding hydrogens is 214 g/mol. The summed E-state index contributed by atoms with van der Waals surface area (Å²) in [6.07, 6.45) is 8.57. The average Bonchev–Trinajstić information content (AvgIpc) is 2.35. The van der Waals surface area contributed by atoms with E-state index in [2.05, 4.69) is 12.2 Å². The van der Waals surface area contributed by atoms with Crippen LogP contribution in [0.25, 0.3) is 0 Å². The second-order valence-electron chi connectivity index (χ2n) is 6.22. The molecule has 2 unspecified atom stereocenters. The number of rotatable bonds is 3.